The second-order valence-corrected chi connectivity index (χ2v) is 5.80. The van der Waals surface area contributed by atoms with E-state index in [9.17, 15) is 9.59 Å². The van der Waals surface area contributed by atoms with Gasteiger partial charge in [-0.3, -0.25) is 0 Å². The number of hydrogen-bond donors (Lipinski definition) is 2. The number of amides is 2. The van der Waals surface area contributed by atoms with Gasteiger partial charge in [-0.2, -0.15) is 0 Å². The summed E-state index contributed by atoms with van der Waals surface area (Å²) in [6, 6.07) is 6.55. The predicted molar refractivity (Wildman–Crippen MR) is 82.3 cm³/mol. The summed E-state index contributed by atoms with van der Waals surface area (Å²) >= 11 is 0. The normalized spacial score (nSPS) is 10.8. The molecule has 0 radical (unpaired) electrons. The highest BCUT2D eigenvalue weighted by atomic mass is 16.4. The molecule has 1 rings (SSSR count). The molecule has 2 N–H and O–H groups in total. The molecule has 116 valence electrons. The number of carboxylic acids is 1. The fourth-order valence-corrected chi connectivity index (χ4v) is 1.97. The first-order valence-electron chi connectivity index (χ1n) is 7.18. The molecule has 2 amide bonds. The van der Waals surface area contributed by atoms with Gasteiger partial charge in [0.1, 0.15) is 0 Å². The van der Waals surface area contributed by atoms with Gasteiger partial charge in [0.15, 0.2) is 0 Å². The fraction of sp³-hybridized carbons (Fsp3) is 0.500. The van der Waals surface area contributed by atoms with Crippen LogP contribution in [0.2, 0.25) is 0 Å². The van der Waals surface area contributed by atoms with Crippen molar-refractivity contribution in [3.63, 3.8) is 0 Å². The molecule has 0 fully saturated rings. The van der Waals surface area contributed by atoms with Crippen molar-refractivity contribution >= 4 is 12.0 Å². The van der Waals surface area contributed by atoms with Crippen molar-refractivity contribution in [2.75, 3.05) is 6.54 Å². The van der Waals surface area contributed by atoms with Crippen LogP contribution in [0.25, 0.3) is 0 Å². The van der Waals surface area contributed by atoms with E-state index in [1.165, 1.54) is 12.1 Å². The van der Waals surface area contributed by atoms with E-state index < -0.39 is 5.97 Å². The molecular weight excluding hydrogens is 268 g/mol. The molecule has 0 aliphatic rings. The van der Waals surface area contributed by atoms with Crippen molar-refractivity contribution in [1.82, 2.24) is 10.2 Å². The minimum absolute atomic E-state index is 0.0963. The predicted octanol–water partition coefficient (Wildman–Crippen LogP) is 2.96. The third-order valence-corrected chi connectivity index (χ3v) is 3.09. The first-order chi connectivity index (χ1) is 9.81. The number of aromatic carboxylic acids is 1. The molecule has 0 unspecified atom stereocenters. The van der Waals surface area contributed by atoms with Crippen LogP contribution in [0.3, 0.4) is 0 Å². The van der Waals surface area contributed by atoms with E-state index in [0.717, 1.165) is 5.56 Å². The van der Waals surface area contributed by atoms with Crippen LogP contribution in [-0.4, -0.2) is 34.6 Å². The highest BCUT2D eigenvalue weighted by molar-refractivity contribution is 5.87. The van der Waals surface area contributed by atoms with Gasteiger partial charge in [-0.15, -0.1) is 0 Å². The second-order valence-electron chi connectivity index (χ2n) is 5.80. The zero-order chi connectivity index (χ0) is 16.0. The average Bonchev–Trinajstić information content (AvgIpc) is 2.42. The zero-order valence-electron chi connectivity index (χ0n) is 13.1. The van der Waals surface area contributed by atoms with Crippen molar-refractivity contribution in [1.29, 1.82) is 0 Å². The standard InChI is InChI=1S/C16H24N2O3/c1-11(2)10-18(12(3)4)16(21)17-9-13-5-7-14(8-6-13)15(19)20/h5-8,11-12H,9-10H2,1-4H3,(H,17,21)(H,19,20). The van der Waals surface area contributed by atoms with E-state index in [1.807, 2.05) is 13.8 Å². The Bertz CT molecular complexity index is 481. The van der Waals surface area contributed by atoms with Crippen LogP contribution in [-0.2, 0) is 6.54 Å². The SMILES string of the molecule is CC(C)CN(C(=O)NCc1ccc(C(=O)O)cc1)C(C)C. The Kier molecular flexibility index (Phi) is 6.21. The van der Waals surface area contributed by atoms with Crippen LogP contribution in [0.15, 0.2) is 24.3 Å². The Balaban J connectivity index is 2.60. The summed E-state index contributed by atoms with van der Waals surface area (Å²) < 4.78 is 0. The number of benzene rings is 1. The number of urea groups is 1. The smallest absolute Gasteiger partial charge is 0.335 e. The van der Waals surface area contributed by atoms with Gasteiger partial charge in [-0.25, -0.2) is 9.59 Å². The lowest BCUT2D eigenvalue weighted by Crippen LogP contribution is -2.45. The lowest BCUT2D eigenvalue weighted by molar-refractivity contribution is 0.0697. The number of nitrogens with one attached hydrogen (secondary N) is 1. The second kappa shape index (κ2) is 7.67. The van der Waals surface area contributed by atoms with Crippen LogP contribution < -0.4 is 5.32 Å². The van der Waals surface area contributed by atoms with Gasteiger partial charge in [0.05, 0.1) is 5.56 Å². The van der Waals surface area contributed by atoms with Crippen molar-refractivity contribution in [2.45, 2.75) is 40.3 Å². The highest BCUT2D eigenvalue weighted by Crippen LogP contribution is 2.07. The van der Waals surface area contributed by atoms with Crippen molar-refractivity contribution in [3.8, 4) is 0 Å². The van der Waals surface area contributed by atoms with Crippen molar-refractivity contribution in [3.05, 3.63) is 35.4 Å². The Morgan fingerprint density at radius 1 is 1.14 bits per heavy atom. The molecule has 1 aromatic carbocycles. The number of rotatable bonds is 6. The molecule has 0 aromatic heterocycles. The number of hydrogen-bond acceptors (Lipinski definition) is 2. The molecule has 1 aromatic rings. The average molecular weight is 292 g/mol. The topological polar surface area (TPSA) is 69.6 Å². The molecule has 0 heterocycles. The van der Waals surface area contributed by atoms with Gasteiger partial charge >= 0.3 is 12.0 Å². The van der Waals surface area contributed by atoms with Gasteiger partial charge in [-0.05, 0) is 37.5 Å². The van der Waals surface area contributed by atoms with Crippen LogP contribution in [0.1, 0.15) is 43.6 Å². The molecule has 5 heteroatoms. The molecule has 21 heavy (non-hydrogen) atoms. The van der Waals surface area contributed by atoms with Gasteiger partial charge in [-0.1, -0.05) is 26.0 Å². The summed E-state index contributed by atoms with van der Waals surface area (Å²) in [6.45, 7) is 9.23. The highest BCUT2D eigenvalue weighted by Gasteiger charge is 2.17. The van der Waals surface area contributed by atoms with Gasteiger partial charge < -0.3 is 15.3 Å². The summed E-state index contributed by atoms with van der Waals surface area (Å²) in [7, 11) is 0. The minimum Gasteiger partial charge on any atom is -0.478 e. The van der Waals surface area contributed by atoms with Crippen LogP contribution >= 0.6 is 0 Å². The summed E-state index contributed by atoms with van der Waals surface area (Å²) in [5.74, 6) is -0.540. The maximum absolute atomic E-state index is 12.2. The quantitative estimate of drug-likeness (QED) is 0.847. The number of nitrogens with zero attached hydrogens (tertiary/aromatic N) is 1. The molecular formula is C16H24N2O3. The van der Waals surface area contributed by atoms with Crippen LogP contribution in [0.5, 0.6) is 0 Å². The molecule has 0 spiro atoms. The van der Waals surface area contributed by atoms with E-state index in [0.29, 0.717) is 19.0 Å². The molecule has 0 saturated carbocycles. The zero-order valence-corrected chi connectivity index (χ0v) is 13.1. The monoisotopic (exact) mass is 292 g/mol. The first-order valence-corrected chi connectivity index (χ1v) is 7.18. The fourth-order valence-electron chi connectivity index (χ4n) is 1.97. The third-order valence-electron chi connectivity index (χ3n) is 3.09. The van der Waals surface area contributed by atoms with Crippen molar-refractivity contribution < 1.29 is 14.7 Å². The minimum atomic E-state index is -0.950. The number of carbonyl (C=O) groups is 2. The maximum Gasteiger partial charge on any atom is 0.335 e. The first kappa shape index (κ1) is 17.0. The van der Waals surface area contributed by atoms with Gasteiger partial charge in [0, 0.05) is 19.1 Å². The van der Waals surface area contributed by atoms with Gasteiger partial charge in [0.2, 0.25) is 0 Å². The Hall–Kier alpha value is -2.04. The van der Waals surface area contributed by atoms with Crippen molar-refractivity contribution in [2.24, 2.45) is 5.92 Å². The van der Waals surface area contributed by atoms with E-state index in [-0.39, 0.29) is 17.6 Å². The summed E-state index contributed by atoms with van der Waals surface area (Å²) in [5, 5.41) is 11.7. The molecule has 5 nitrogen and oxygen atoms in total. The molecule has 0 atom stereocenters. The van der Waals surface area contributed by atoms with E-state index in [4.69, 9.17) is 5.11 Å². The Morgan fingerprint density at radius 2 is 1.71 bits per heavy atom. The third kappa shape index (κ3) is 5.45. The van der Waals surface area contributed by atoms with Crippen LogP contribution in [0.4, 0.5) is 4.79 Å². The molecule has 0 aliphatic carbocycles. The van der Waals surface area contributed by atoms with Crippen LogP contribution in [0, 0.1) is 5.92 Å². The van der Waals surface area contributed by atoms with Gasteiger partial charge in [0.25, 0.3) is 0 Å². The number of carbonyl (C=O) groups excluding carboxylic acids is 1. The summed E-state index contributed by atoms with van der Waals surface area (Å²) in [5.41, 5.74) is 1.12. The number of carboxylic acid groups (broad SMARTS) is 1. The Morgan fingerprint density at radius 3 is 2.14 bits per heavy atom. The lowest BCUT2D eigenvalue weighted by Gasteiger charge is -2.28. The maximum atomic E-state index is 12.2. The molecule has 0 aliphatic heterocycles. The van der Waals surface area contributed by atoms with E-state index in [2.05, 4.69) is 19.2 Å². The summed E-state index contributed by atoms with van der Waals surface area (Å²) in [6.07, 6.45) is 0. The largest absolute Gasteiger partial charge is 0.478 e. The summed E-state index contributed by atoms with van der Waals surface area (Å²) in [4.78, 5) is 24.8. The van der Waals surface area contributed by atoms with E-state index >= 15 is 0 Å². The molecule has 0 saturated heterocycles. The van der Waals surface area contributed by atoms with E-state index in [1.54, 1.807) is 17.0 Å². The molecule has 0 bridgehead atoms. The Labute approximate surface area is 126 Å². The lowest BCUT2D eigenvalue weighted by atomic mass is 10.1.